The number of hydrogen-bond donors (Lipinski definition) is 1. The van der Waals surface area contributed by atoms with Crippen molar-refractivity contribution < 1.29 is 13.9 Å². The van der Waals surface area contributed by atoms with Crippen LogP contribution in [-0.2, 0) is 10.5 Å². The Morgan fingerprint density at radius 2 is 2.13 bits per heavy atom. The van der Waals surface area contributed by atoms with Crippen molar-refractivity contribution in [2.75, 3.05) is 18.9 Å². The second-order valence-electron chi connectivity index (χ2n) is 5.48. The van der Waals surface area contributed by atoms with Crippen LogP contribution in [0.2, 0.25) is 0 Å². The zero-order valence-corrected chi connectivity index (χ0v) is 14.7. The molecule has 0 spiro atoms. The molecule has 0 atom stereocenters. The van der Waals surface area contributed by atoms with Crippen molar-refractivity contribution in [3.63, 3.8) is 0 Å². The van der Waals surface area contributed by atoms with Crippen LogP contribution in [0.15, 0.2) is 34.9 Å². The highest BCUT2D eigenvalue weighted by Gasteiger charge is 2.07. The fraction of sp³-hybridized carbons (Fsp3) is 0.389. The zero-order valence-electron chi connectivity index (χ0n) is 13.8. The van der Waals surface area contributed by atoms with Gasteiger partial charge in [0, 0.05) is 12.3 Å². The summed E-state index contributed by atoms with van der Waals surface area (Å²) in [6, 6.07) is 7.91. The lowest BCUT2D eigenvalue weighted by Gasteiger charge is -2.12. The molecule has 0 saturated heterocycles. The summed E-state index contributed by atoms with van der Waals surface area (Å²) in [6.07, 6.45) is 1.67. The van der Waals surface area contributed by atoms with Gasteiger partial charge in [0.2, 0.25) is 0 Å². The van der Waals surface area contributed by atoms with E-state index in [0.29, 0.717) is 6.54 Å². The van der Waals surface area contributed by atoms with E-state index in [4.69, 9.17) is 9.15 Å². The molecule has 0 fully saturated rings. The van der Waals surface area contributed by atoms with E-state index in [0.717, 1.165) is 34.1 Å². The summed E-state index contributed by atoms with van der Waals surface area (Å²) in [7, 11) is 0. The summed E-state index contributed by atoms with van der Waals surface area (Å²) in [5.41, 5.74) is 3.39. The maximum Gasteiger partial charge on any atom is 0.257 e. The van der Waals surface area contributed by atoms with Gasteiger partial charge in [-0.3, -0.25) is 4.79 Å². The van der Waals surface area contributed by atoms with E-state index < -0.39 is 0 Å². The number of thioether (sulfide) groups is 1. The molecule has 124 valence electrons. The molecule has 0 radical (unpaired) electrons. The van der Waals surface area contributed by atoms with Crippen LogP contribution in [0.1, 0.15) is 22.5 Å². The van der Waals surface area contributed by atoms with Crippen molar-refractivity contribution in [2.45, 2.75) is 26.5 Å². The van der Waals surface area contributed by atoms with Crippen LogP contribution < -0.4 is 10.1 Å². The molecule has 4 nitrogen and oxygen atoms in total. The Balaban J connectivity index is 1.65. The number of benzene rings is 1. The van der Waals surface area contributed by atoms with Crippen molar-refractivity contribution in [2.24, 2.45) is 0 Å². The van der Waals surface area contributed by atoms with Crippen molar-refractivity contribution in [3.8, 4) is 5.75 Å². The molecule has 1 aromatic carbocycles. The van der Waals surface area contributed by atoms with Crippen molar-refractivity contribution in [3.05, 3.63) is 53.0 Å². The molecule has 2 rings (SSSR count). The van der Waals surface area contributed by atoms with Gasteiger partial charge in [-0.1, -0.05) is 6.07 Å². The number of furan rings is 1. The van der Waals surface area contributed by atoms with Crippen LogP contribution in [0.4, 0.5) is 0 Å². The summed E-state index contributed by atoms with van der Waals surface area (Å²) in [5, 5.41) is 2.87. The number of hydrogen-bond acceptors (Lipinski definition) is 4. The molecule has 1 N–H and O–H groups in total. The molecule has 23 heavy (non-hydrogen) atoms. The quantitative estimate of drug-likeness (QED) is 0.750. The van der Waals surface area contributed by atoms with Gasteiger partial charge in [-0.15, -0.1) is 0 Å². The third-order valence-corrected chi connectivity index (χ3v) is 4.50. The Bertz CT molecular complexity index is 638. The second kappa shape index (κ2) is 8.67. The Hall–Kier alpha value is -1.88. The number of nitrogens with one attached hydrogen (secondary N) is 1. The number of rotatable bonds is 8. The van der Waals surface area contributed by atoms with Crippen LogP contribution in [0.5, 0.6) is 5.75 Å². The first kappa shape index (κ1) is 17.5. The van der Waals surface area contributed by atoms with E-state index in [1.54, 1.807) is 18.0 Å². The number of carbonyl (C=O) groups is 1. The van der Waals surface area contributed by atoms with Gasteiger partial charge in [0.05, 0.1) is 12.0 Å². The molecule has 0 aliphatic carbocycles. The molecule has 0 bridgehead atoms. The molecule has 1 aromatic heterocycles. The van der Waals surface area contributed by atoms with Gasteiger partial charge >= 0.3 is 0 Å². The van der Waals surface area contributed by atoms with Crippen molar-refractivity contribution in [1.82, 2.24) is 5.32 Å². The highest BCUT2D eigenvalue weighted by molar-refractivity contribution is 7.98. The SMILES string of the molecule is Cc1cc(C)c(C)c(OCC(=O)NCCSCc2ccco2)c1. The summed E-state index contributed by atoms with van der Waals surface area (Å²) in [4.78, 5) is 11.8. The van der Waals surface area contributed by atoms with Crippen LogP contribution in [0.25, 0.3) is 0 Å². The van der Waals surface area contributed by atoms with E-state index in [2.05, 4.69) is 11.4 Å². The molecule has 2 aromatic rings. The summed E-state index contributed by atoms with van der Waals surface area (Å²) in [6.45, 7) is 6.75. The normalized spacial score (nSPS) is 10.6. The van der Waals surface area contributed by atoms with Gasteiger partial charge in [-0.2, -0.15) is 11.8 Å². The standard InChI is InChI=1S/C18H23NO3S/c1-13-9-14(2)15(3)17(10-13)22-11-18(20)19-6-8-23-12-16-5-4-7-21-16/h4-5,7,9-10H,6,8,11-12H2,1-3H3,(H,19,20). The number of amides is 1. The highest BCUT2D eigenvalue weighted by atomic mass is 32.2. The fourth-order valence-electron chi connectivity index (χ4n) is 2.18. The van der Waals surface area contributed by atoms with Crippen LogP contribution in [-0.4, -0.2) is 24.8 Å². The van der Waals surface area contributed by atoms with Crippen molar-refractivity contribution in [1.29, 1.82) is 0 Å². The summed E-state index contributed by atoms with van der Waals surface area (Å²) < 4.78 is 10.9. The van der Waals surface area contributed by atoms with Gasteiger partial charge in [0.25, 0.3) is 5.91 Å². The van der Waals surface area contributed by atoms with Crippen LogP contribution >= 0.6 is 11.8 Å². The lowest BCUT2D eigenvalue weighted by molar-refractivity contribution is -0.122. The van der Waals surface area contributed by atoms with Crippen molar-refractivity contribution >= 4 is 17.7 Å². The molecule has 0 unspecified atom stereocenters. The minimum absolute atomic E-state index is 0.0482. The third-order valence-electron chi connectivity index (χ3n) is 3.52. The minimum atomic E-state index is -0.0952. The molecule has 0 aliphatic rings. The first-order valence-electron chi connectivity index (χ1n) is 7.63. The van der Waals surface area contributed by atoms with Gasteiger partial charge in [-0.05, 0) is 55.7 Å². The van der Waals surface area contributed by atoms with Gasteiger partial charge in [-0.25, -0.2) is 0 Å². The maximum atomic E-state index is 11.8. The summed E-state index contributed by atoms with van der Waals surface area (Å²) in [5.74, 6) is 3.30. The first-order valence-corrected chi connectivity index (χ1v) is 8.79. The van der Waals surface area contributed by atoms with E-state index >= 15 is 0 Å². The molecule has 5 heteroatoms. The average molecular weight is 333 g/mol. The number of ether oxygens (including phenoxy) is 1. The van der Waals surface area contributed by atoms with Gasteiger partial charge in [0.1, 0.15) is 11.5 Å². The molecule has 0 saturated carbocycles. The fourth-order valence-corrected chi connectivity index (χ4v) is 2.93. The summed E-state index contributed by atoms with van der Waals surface area (Å²) >= 11 is 1.72. The second-order valence-corrected chi connectivity index (χ2v) is 6.58. The van der Waals surface area contributed by atoms with Crippen LogP contribution in [0, 0.1) is 20.8 Å². The van der Waals surface area contributed by atoms with Gasteiger partial charge in [0.15, 0.2) is 6.61 Å². The Morgan fingerprint density at radius 1 is 1.30 bits per heavy atom. The lowest BCUT2D eigenvalue weighted by Crippen LogP contribution is -2.30. The third kappa shape index (κ3) is 5.67. The average Bonchev–Trinajstić information content (AvgIpc) is 3.02. The number of carbonyl (C=O) groups excluding carboxylic acids is 1. The smallest absolute Gasteiger partial charge is 0.257 e. The predicted molar refractivity (Wildman–Crippen MR) is 94.0 cm³/mol. The van der Waals surface area contributed by atoms with E-state index in [1.807, 2.05) is 39.0 Å². The molecule has 1 heterocycles. The highest BCUT2D eigenvalue weighted by Crippen LogP contribution is 2.23. The Kier molecular flexibility index (Phi) is 6.59. The zero-order chi connectivity index (χ0) is 16.7. The van der Waals surface area contributed by atoms with E-state index in [-0.39, 0.29) is 12.5 Å². The minimum Gasteiger partial charge on any atom is -0.483 e. The largest absolute Gasteiger partial charge is 0.483 e. The predicted octanol–water partition coefficient (Wildman–Crippen LogP) is 3.63. The van der Waals surface area contributed by atoms with E-state index in [9.17, 15) is 4.79 Å². The maximum absolute atomic E-state index is 11.8. The number of aryl methyl sites for hydroxylation is 2. The monoisotopic (exact) mass is 333 g/mol. The molecule has 1 amide bonds. The topological polar surface area (TPSA) is 51.5 Å². The van der Waals surface area contributed by atoms with E-state index in [1.165, 1.54) is 5.56 Å². The lowest BCUT2D eigenvalue weighted by atomic mass is 10.1. The van der Waals surface area contributed by atoms with Crippen LogP contribution in [0.3, 0.4) is 0 Å². The molecule has 0 aliphatic heterocycles. The van der Waals surface area contributed by atoms with Gasteiger partial charge < -0.3 is 14.5 Å². The Labute approximate surface area is 141 Å². The first-order chi connectivity index (χ1) is 11.1. The Morgan fingerprint density at radius 3 is 2.87 bits per heavy atom. The molecular formula is C18H23NO3S. The molecular weight excluding hydrogens is 310 g/mol.